The van der Waals surface area contributed by atoms with Crippen molar-refractivity contribution in [2.75, 3.05) is 27.2 Å². The van der Waals surface area contributed by atoms with Gasteiger partial charge in [0.2, 0.25) is 0 Å². The molecule has 0 amide bonds. The Hall–Kier alpha value is -0.870. The van der Waals surface area contributed by atoms with E-state index in [-0.39, 0.29) is 0 Å². The van der Waals surface area contributed by atoms with Gasteiger partial charge in [-0.3, -0.25) is 4.68 Å². The first-order chi connectivity index (χ1) is 6.72. The Morgan fingerprint density at radius 2 is 2.29 bits per heavy atom. The van der Waals surface area contributed by atoms with Crippen LogP contribution >= 0.6 is 0 Å². The van der Waals surface area contributed by atoms with Crippen LogP contribution in [0, 0.1) is 0 Å². The van der Waals surface area contributed by atoms with Crippen molar-refractivity contribution in [3.05, 3.63) is 18.0 Å². The molecule has 1 saturated heterocycles. The third-order valence-electron chi connectivity index (χ3n) is 2.97. The summed E-state index contributed by atoms with van der Waals surface area (Å²) in [5.41, 5.74) is 1.28. The molecule has 1 aliphatic heterocycles. The summed E-state index contributed by atoms with van der Waals surface area (Å²) in [5.74, 6) is 0. The maximum absolute atomic E-state index is 4.39. The number of aromatic nitrogens is 2. The summed E-state index contributed by atoms with van der Waals surface area (Å²) in [6, 6.07) is 3.05. The van der Waals surface area contributed by atoms with Gasteiger partial charge in [0.1, 0.15) is 0 Å². The molecule has 1 aromatic rings. The van der Waals surface area contributed by atoms with Gasteiger partial charge in [-0.15, -0.1) is 0 Å². The fraction of sp³-hybridized carbons (Fsp3) is 0.700. The zero-order chi connectivity index (χ0) is 10.1. The normalized spacial score (nSPS) is 20.8. The molecule has 0 aromatic carbocycles. The molecule has 0 spiro atoms. The summed E-state index contributed by atoms with van der Waals surface area (Å²) in [6.07, 6.45) is 1.89. The van der Waals surface area contributed by atoms with E-state index in [0.29, 0.717) is 12.1 Å². The number of likely N-dealkylation sites (tertiary alicyclic amines) is 1. The fourth-order valence-electron chi connectivity index (χ4n) is 1.94. The Morgan fingerprint density at radius 1 is 1.57 bits per heavy atom. The third-order valence-corrected chi connectivity index (χ3v) is 2.97. The molecule has 0 saturated carbocycles. The lowest BCUT2D eigenvalue weighted by Crippen LogP contribution is -2.46. The van der Waals surface area contributed by atoms with Crippen LogP contribution < -0.4 is 5.32 Å². The summed E-state index contributed by atoms with van der Waals surface area (Å²) in [5, 5.41) is 7.64. The van der Waals surface area contributed by atoms with Gasteiger partial charge in [-0.2, -0.15) is 5.10 Å². The SMILES string of the molecule is CNC(C)c1ccnn1C1CN(C)C1. The van der Waals surface area contributed by atoms with Gasteiger partial charge in [-0.05, 0) is 27.1 Å². The molecule has 1 N–H and O–H groups in total. The Bertz CT molecular complexity index is 301. The van der Waals surface area contributed by atoms with Gasteiger partial charge < -0.3 is 10.2 Å². The van der Waals surface area contributed by atoms with E-state index in [1.165, 1.54) is 5.69 Å². The van der Waals surface area contributed by atoms with Crippen LogP contribution in [0.1, 0.15) is 24.7 Å². The Balaban J connectivity index is 2.13. The van der Waals surface area contributed by atoms with Crippen LogP contribution in [0.15, 0.2) is 12.3 Å². The van der Waals surface area contributed by atoms with Crippen LogP contribution in [0.25, 0.3) is 0 Å². The third kappa shape index (κ3) is 1.55. The molecule has 2 rings (SSSR count). The van der Waals surface area contributed by atoms with Gasteiger partial charge in [0.05, 0.1) is 11.7 Å². The molecule has 0 bridgehead atoms. The van der Waals surface area contributed by atoms with E-state index < -0.39 is 0 Å². The minimum absolute atomic E-state index is 0.378. The van der Waals surface area contributed by atoms with Crippen molar-refractivity contribution in [2.45, 2.75) is 19.0 Å². The number of nitrogens with one attached hydrogen (secondary N) is 1. The Kier molecular flexibility index (Phi) is 2.56. The molecule has 2 heterocycles. The molecule has 0 radical (unpaired) electrons. The first-order valence-corrected chi connectivity index (χ1v) is 5.11. The standard InChI is InChI=1S/C10H18N4/c1-8(11-2)10-4-5-12-14(10)9-6-13(3)7-9/h4-5,8-9,11H,6-7H2,1-3H3. The van der Waals surface area contributed by atoms with Crippen molar-refractivity contribution >= 4 is 0 Å². The largest absolute Gasteiger partial charge is 0.312 e. The van der Waals surface area contributed by atoms with Crippen LogP contribution in [-0.4, -0.2) is 41.9 Å². The molecule has 1 unspecified atom stereocenters. The van der Waals surface area contributed by atoms with Crippen molar-refractivity contribution in [1.82, 2.24) is 20.0 Å². The number of nitrogens with zero attached hydrogens (tertiary/aromatic N) is 3. The zero-order valence-electron chi connectivity index (χ0n) is 9.07. The molecule has 4 nitrogen and oxygen atoms in total. The van der Waals surface area contributed by atoms with Gasteiger partial charge in [0.25, 0.3) is 0 Å². The summed E-state index contributed by atoms with van der Waals surface area (Å²) in [4.78, 5) is 2.31. The molecule has 1 fully saturated rings. The Labute approximate surface area is 84.9 Å². The molecule has 1 atom stereocenters. The molecule has 1 aliphatic rings. The van der Waals surface area contributed by atoms with Gasteiger partial charge in [-0.25, -0.2) is 0 Å². The van der Waals surface area contributed by atoms with Crippen LogP contribution in [0.3, 0.4) is 0 Å². The number of rotatable bonds is 3. The predicted molar refractivity (Wildman–Crippen MR) is 56.2 cm³/mol. The van der Waals surface area contributed by atoms with Crippen LogP contribution in [0.2, 0.25) is 0 Å². The first-order valence-electron chi connectivity index (χ1n) is 5.11. The zero-order valence-corrected chi connectivity index (χ0v) is 9.07. The second-order valence-corrected chi connectivity index (χ2v) is 4.09. The van der Waals surface area contributed by atoms with Crippen molar-refractivity contribution in [3.63, 3.8) is 0 Å². The number of hydrogen-bond donors (Lipinski definition) is 1. The highest BCUT2D eigenvalue weighted by atomic mass is 15.4. The monoisotopic (exact) mass is 194 g/mol. The van der Waals surface area contributed by atoms with Crippen LogP contribution in [-0.2, 0) is 0 Å². The molecular weight excluding hydrogens is 176 g/mol. The van der Waals surface area contributed by atoms with E-state index in [4.69, 9.17) is 0 Å². The molecule has 78 valence electrons. The van der Waals surface area contributed by atoms with E-state index >= 15 is 0 Å². The molecular formula is C10H18N4. The summed E-state index contributed by atoms with van der Waals surface area (Å²) < 4.78 is 2.15. The maximum atomic E-state index is 4.39. The van der Waals surface area contributed by atoms with E-state index in [0.717, 1.165) is 13.1 Å². The molecule has 4 heteroatoms. The fourth-order valence-corrected chi connectivity index (χ4v) is 1.94. The van der Waals surface area contributed by atoms with Gasteiger partial charge >= 0.3 is 0 Å². The Morgan fingerprint density at radius 3 is 2.86 bits per heavy atom. The van der Waals surface area contributed by atoms with Crippen molar-refractivity contribution < 1.29 is 0 Å². The average Bonchev–Trinajstić information content (AvgIpc) is 2.59. The topological polar surface area (TPSA) is 33.1 Å². The minimum atomic E-state index is 0.378. The van der Waals surface area contributed by atoms with E-state index in [1.54, 1.807) is 0 Å². The van der Waals surface area contributed by atoms with Crippen molar-refractivity contribution in [1.29, 1.82) is 0 Å². The highest BCUT2D eigenvalue weighted by molar-refractivity contribution is 5.08. The summed E-state index contributed by atoms with van der Waals surface area (Å²) in [6.45, 7) is 4.39. The van der Waals surface area contributed by atoms with Crippen molar-refractivity contribution in [3.8, 4) is 0 Å². The quantitative estimate of drug-likeness (QED) is 0.767. The van der Waals surface area contributed by atoms with E-state index in [2.05, 4.69) is 40.0 Å². The number of likely N-dealkylation sites (N-methyl/N-ethyl adjacent to an activating group) is 1. The van der Waals surface area contributed by atoms with Crippen LogP contribution in [0.4, 0.5) is 0 Å². The minimum Gasteiger partial charge on any atom is -0.312 e. The van der Waals surface area contributed by atoms with Crippen molar-refractivity contribution in [2.24, 2.45) is 0 Å². The highest BCUT2D eigenvalue weighted by Gasteiger charge is 2.27. The molecule has 14 heavy (non-hydrogen) atoms. The molecule has 1 aromatic heterocycles. The predicted octanol–water partition coefficient (Wildman–Crippen LogP) is 0.650. The lowest BCUT2D eigenvalue weighted by atomic mass is 10.1. The van der Waals surface area contributed by atoms with Gasteiger partial charge in [0, 0.05) is 25.3 Å². The highest BCUT2D eigenvalue weighted by Crippen LogP contribution is 2.22. The van der Waals surface area contributed by atoms with E-state index in [9.17, 15) is 0 Å². The molecule has 0 aliphatic carbocycles. The number of hydrogen-bond acceptors (Lipinski definition) is 3. The first kappa shape index (κ1) is 9.68. The lowest BCUT2D eigenvalue weighted by Gasteiger charge is -2.37. The second kappa shape index (κ2) is 3.71. The average molecular weight is 194 g/mol. The van der Waals surface area contributed by atoms with Gasteiger partial charge in [0.15, 0.2) is 0 Å². The summed E-state index contributed by atoms with van der Waals surface area (Å²) >= 11 is 0. The smallest absolute Gasteiger partial charge is 0.0776 e. The summed E-state index contributed by atoms with van der Waals surface area (Å²) in [7, 11) is 4.12. The maximum Gasteiger partial charge on any atom is 0.0776 e. The second-order valence-electron chi connectivity index (χ2n) is 4.09. The van der Waals surface area contributed by atoms with E-state index in [1.807, 2.05) is 13.2 Å². The van der Waals surface area contributed by atoms with Gasteiger partial charge in [-0.1, -0.05) is 0 Å². The van der Waals surface area contributed by atoms with Crippen LogP contribution in [0.5, 0.6) is 0 Å². The lowest BCUT2D eigenvalue weighted by molar-refractivity contribution is 0.126.